The van der Waals surface area contributed by atoms with Crippen molar-refractivity contribution in [3.63, 3.8) is 0 Å². The Morgan fingerprint density at radius 1 is 1.35 bits per heavy atom. The van der Waals surface area contributed by atoms with Crippen LogP contribution in [0.3, 0.4) is 0 Å². The van der Waals surface area contributed by atoms with Crippen LogP contribution in [0.4, 0.5) is 22.0 Å². The molecule has 0 N–H and O–H groups in total. The van der Waals surface area contributed by atoms with Gasteiger partial charge in [0, 0.05) is 16.9 Å². The molecule has 0 atom stereocenters. The van der Waals surface area contributed by atoms with E-state index in [-0.39, 0.29) is 28.5 Å². The predicted octanol–water partition coefficient (Wildman–Crippen LogP) is 4.25. The van der Waals surface area contributed by atoms with Gasteiger partial charge < -0.3 is 4.74 Å². The summed E-state index contributed by atoms with van der Waals surface area (Å²) in [5.74, 6) is -1.23. The molecule has 0 saturated carbocycles. The number of carbonyl (C=O) groups excluding carboxylic acids is 1. The van der Waals surface area contributed by atoms with Gasteiger partial charge in [-0.1, -0.05) is 0 Å². The second kappa shape index (κ2) is 7.12. The summed E-state index contributed by atoms with van der Waals surface area (Å²) in [5, 5.41) is 0. The van der Waals surface area contributed by atoms with E-state index in [9.17, 15) is 26.7 Å². The van der Waals surface area contributed by atoms with Gasteiger partial charge in [0.1, 0.15) is 5.75 Å². The molecule has 2 nitrogen and oxygen atoms in total. The molecule has 0 aliphatic carbocycles. The number of rotatable bonds is 6. The summed E-state index contributed by atoms with van der Waals surface area (Å²) < 4.78 is 65.2. The van der Waals surface area contributed by atoms with E-state index in [1.807, 2.05) is 0 Å². The zero-order valence-corrected chi connectivity index (χ0v) is 11.3. The topological polar surface area (TPSA) is 26.3 Å². The van der Waals surface area contributed by atoms with E-state index in [0.29, 0.717) is 0 Å². The van der Waals surface area contributed by atoms with Crippen molar-refractivity contribution in [2.75, 3.05) is 5.88 Å². The van der Waals surface area contributed by atoms with Gasteiger partial charge in [0.15, 0.2) is 5.78 Å². The van der Waals surface area contributed by atoms with Gasteiger partial charge in [-0.25, -0.2) is 0 Å². The zero-order valence-electron chi connectivity index (χ0n) is 9.72. The Labute approximate surface area is 120 Å². The predicted molar refractivity (Wildman–Crippen MR) is 64.4 cm³/mol. The fourth-order valence-electron chi connectivity index (χ4n) is 1.36. The Bertz CT molecular complexity index is 478. The van der Waals surface area contributed by atoms with E-state index >= 15 is 0 Å². The Morgan fingerprint density at radius 2 is 2.00 bits per heavy atom. The average Bonchev–Trinajstić information content (AvgIpc) is 2.29. The quantitative estimate of drug-likeness (QED) is 0.442. The lowest BCUT2D eigenvalue weighted by molar-refractivity contribution is -0.116. The van der Waals surface area contributed by atoms with Crippen molar-refractivity contribution in [3.8, 4) is 5.75 Å². The highest BCUT2D eigenvalue weighted by atomic mass is 35.5. The third-order valence-electron chi connectivity index (χ3n) is 2.02. The van der Waals surface area contributed by atoms with E-state index in [1.165, 1.54) is 0 Å². The second-order valence-corrected chi connectivity index (χ2v) is 4.95. The van der Waals surface area contributed by atoms with Gasteiger partial charge >= 0.3 is 12.1 Å². The molecule has 0 aliphatic rings. The Kier molecular flexibility index (Phi) is 6.07. The van der Waals surface area contributed by atoms with E-state index < -0.39 is 29.7 Å². The number of Topliss-reactive ketones (excluding diaryl/α,β-unsaturated/α-hetero) is 1. The molecule has 0 fully saturated rings. The van der Waals surface area contributed by atoms with Crippen molar-refractivity contribution in [1.29, 1.82) is 0 Å². The number of thioether (sulfide) groups is 1. The van der Waals surface area contributed by atoms with Crippen LogP contribution in [0.1, 0.15) is 5.56 Å². The highest BCUT2D eigenvalue weighted by Gasteiger charge is 2.29. The van der Waals surface area contributed by atoms with E-state index in [2.05, 4.69) is 4.74 Å². The molecule has 112 valence electrons. The molecular formula is C11H8ClF5O2S. The first kappa shape index (κ1) is 17.0. The number of alkyl halides is 6. The molecule has 0 amide bonds. The lowest BCUT2D eigenvalue weighted by Gasteiger charge is -2.12. The minimum atomic E-state index is -4.52. The lowest BCUT2D eigenvalue weighted by atomic mass is 10.1. The minimum Gasteiger partial charge on any atom is -0.435 e. The summed E-state index contributed by atoms with van der Waals surface area (Å²) in [4.78, 5) is 11.0. The highest BCUT2D eigenvalue weighted by Crippen LogP contribution is 2.38. The number of halogens is 6. The van der Waals surface area contributed by atoms with Crippen molar-refractivity contribution in [1.82, 2.24) is 0 Å². The summed E-state index contributed by atoms with van der Waals surface area (Å²) in [5.41, 5.74) is -4.58. The number of benzene rings is 1. The molecule has 1 rings (SSSR count). The van der Waals surface area contributed by atoms with Crippen LogP contribution in [0, 0.1) is 0 Å². The molecule has 0 saturated heterocycles. The Hall–Kier alpha value is -1.02. The van der Waals surface area contributed by atoms with E-state index in [4.69, 9.17) is 11.6 Å². The Morgan fingerprint density at radius 3 is 2.50 bits per heavy atom. The maximum absolute atomic E-state index is 12.2. The maximum atomic E-state index is 12.2. The van der Waals surface area contributed by atoms with Crippen LogP contribution in [0.5, 0.6) is 5.75 Å². The van der Waals surface area contributed by atoms with Crippen molar-refractivity contribution in [2.45, 2.75) is 23.4 Å². The monoisotopic (exact) mass is 334 g/mol. The summed E-state index contributed by atoms with van der Waals surface area (Å²) in [6.45, 7) is -3.14. The van der Waals surface area contributed by atoms with Crippen LogP contribution in [0.25, 0.3) is 0 Å². The lowest BCUT2D eigenvalue weighted by Crippen LogP contribution is -2.09. The first-order valence-electron chi connectivity index (χ1n) is 5.12. The van der Waals surface area contributed by atoms with Crippen molar-refractivity contribution in [3.05, 3.63) is 23.8 Å². The van der Waals surface area contributed by atoms with Gasteiger partial charge in [-0.15, -0.1) is 11.6 Å². The van der Waals surface area contributed by atoms with Crippen molar-refractivity contribution < 1.29 is 31.5 Å². The maximum Gasteiger partial charge on any atom is 0.446 e. The van der Waals surface area contributed by atoms with Gasteiger partial charge in [-0.2, -0.15) is 22.0 Å². The molecule has 0 aromatic heterocycles. The molecule has 20 heavy (non-hydrogen) atoms. The van der Waals surface area contributed by atoms with Crippen LogP contribution < -0.4 is 4.74 Å². The SMILES string of the molecule is O=C(CCl)Cc1cc(SC(F)(F)F)ccc1OC(F)F. The zero-order chi connectivity index (χ0) is 15.3. The number of carbonyl (C=O) groups is 1. The van der Waals surface area contributed by atoms with Gasteiger partial charge in [-0.3, -0.25) is 4.79 Å². The molecule has 0 bridgehead atoms. The van der Waals surface area contributed by atoms with Gasteiger partial charge in [-0.05, 0) is 30.0 Å². The van der Waals surface area contributed by atoms with E-state index in [1.54, 1.807) is 0 Å². The van der Waals surface area contributed by atoms with Gasteiger partial charge in [0.25, 0.3) is 0 Å². The highest BCUT2D eigenvalue weighted by molar-refractivity contribution is 8.00. The van der Waals surface area contributed by atoms with E-state index in [0.717, 1.165) is 18.2 Å². The molecule has 1 aromatic carbocycles. The minimum absolute atomic E-state index is 0.0646. The molecule has 1 aromatic rings. The van der Waals surface area contributed by atoms with Crippen molar-refractivity contribution >= 4 is 29.1 Å². The number of ketones is 1. The molecule has 0 spiro atoms. The number of hydrogen-bond donors (Lipinski definition) is 0. The van der Waals surface area contributed by atoms with Crippen LogP contribution >= 0.6 is 23.4 Å². The third-order valence-corrected chi connectivity index (χ3v) is 3.04. The number of ether oxygens (including phenoxy) is 1. The van der Waals surface area contributed by atoms with Crippen LogP contribution in [-0.2, 0) is 11.2 Å². The average molecular weight is 335 g/mol. The number of hydrogen-bond acceptors (Lipinski definition) is 3. The fourth-order valence-corrected chi connectivity index (χ4v) is 2.06. The smallest absolute Gasteiger partial charge is 0.435 e. The normalized spacial score (nSPS) is 11.8. The van der Waals surface area contributed by atoms with Crippen molar-refractivity contribution in [2.24, 2.45) is 0 Å². The summed E-state index contributed by atoms with van der Waals surface area (Å²) in [6, 6.07) is 2.95. The summed E-state index contributed by atoms with van der Waals surface area (Å²) >= 11 is 4.87. The summed E-state index contributed by atoms with van der Waals surface area (Å²) in [6.07, 6.45) is -0.377. The standard InChI is InChI=1S/C11H8ClF5O2S/c12-5-7(18)3-6-4-8(20-11(15,16)17)1-2-9(6)19-10(13)14/h1-2,4,10H,3,5H2. The first-order chi connectivity index (χ1) is 9.21. The van der Waals surface area contributed by atoms with Crippen LogP contribution in [-0.4, -0.2) is 23.8 Å². The Balaban J connectivity index is 3.04. The largest absolute Gasteiger partial charge is 0.446 e. The molecule has 0 heterocycles. The molecular weight excluding hydrogens is 327 g/mol. The summed E-state index contributed by atoms with van der Waals surface area (Å²) in [7, 11) is 0. The van der Waals surface area contributed by atoms with Crippen LogP contribution in [0.2, 0.25) is 0 Å². The van der Waals surface area contributed by atoms with Gasteiger partial charge in [0.05, 0.1) is 5.88 Å². The first-order valence-corrected chi connectivity index (χ1v) is 6.47. The van der Waals surface area contributed by atoms with Gasteiger partial charge in [0.2, 0.25) is 0 Å². The second-order valence-electron chi connectivity index (χ2n) is 3.54. The molecule has 0 radical (unpaired) electrons. The molecule has 9 heteroatoms. The molecule has 0 unspecified atom stereocenters. The third kappa shape index (κ3) is 5.96. The fraction of sp³-hybridized carbons (Fsp3) is 0.364. The van der Waals surface area contributed by atoms with Crippen LogP contribution in [0.15, 0.2) is 23.1 Å². The molecule has 0 aliphatic heterocycles.